The number of amides is 2. The fourth-order valence-electron chi connectivity index (χ4n) is 4.17. The van der Waals surface area contributed by atoms with Crippen LogP contribution in [0.1, 0.15) is 25.8 Å². The van der Waals surface area contributed by atoms with E-state index in [0.717, 1.165) is 0 Å². The number of nitrogens with one attached hydrogen (secondary N) is 3. The molecule has 2 amide bonds. The lowest BCUT2D eigenvalue weighted by molar-refractivity contribution is -0.130. The number of carbonyl (C=O) groups excluding carboxylic acids is 2. The molecule has 0 radical (unpaired) electrons. The van der Waals surface area contributed by atoms with Crippen molar-refractivity contribution in [3.63, 3.8) is 0 Å². The first-order valence-corrected chi connectivity index (χ1v) is 9.64. The second kappa shape index (κ2) is 6.87. The molecule has 0 aromatic heterocycles. The monoisotopic (exact) mass is 401 g/mol. The quantitative estimate of drug-likeness (QED) is 0.730. The van der Waals surface area contributed by atoms with Gasteiger partial charge in [0, 0.05) is 28.0 Å². The Morgan fingerprint density at radius 1 is 1.25 bits per heavy atom. The first-order valence-electron chi connectivity index (χ1n) is 9.27. The zero-order valence-corrected chi connectivity index (χ0v) is 16.3. The van der Waals surface area contributed by atoms with Crippen molar-refractivity contribution in [1.82, 2.24) is 5.32 Å². The molecule has 0 saturated carbocycles. The molecule has 2 aromatic carbocycles. The summed E-state index contributed by atoms with van der Waals surface area (Å²) in [6, 6.07) is 10.8. The maximum atomic E-state index is 13.2. The van der Waals surface area contributed by atoms with E-state index in [1.165, 1.54) is 24.3 Å². The lowest BCUT2D eigenvalue weighted by atomic mass is 9.79. The van der Waals surface area contributed by atoms with Crippen molar-refractivity contribution in [2.24, 2.45) is 11.8 Å². The first kappa shape index (κ1) is 18.9. The van der Waals surface area contributed by atoms with Gasteiger partial charge in [0.2, 0.25) is 11.8 Å². The molecular formula is C21H21ClFN3O2. The number of rotatable bonds is 3. The van der Waals surface area contributed by atoms with Crippen LogP contribution < -0.4 is 16.0 Å². The summed E-state index contributed by atoms with van der Waals surface area (Å²) < 4.78 is 13.2. The average Bonchev–Trinajstić information content (AvgIpc) is 3.18. The molecule has 7 heteroatoms. The Balaban J connectivity index is 1.74. The van der Waals surface area contributed by atoms with Gasteiger partial charge in [0.05, 0.1) is 5.92 Å². The summed E-state index contributed by atoms with van der Waals surface area (Å²) in [5, 5.41) is 9.65. The van der Waals surface area contributed by atoms with E-state index in [4.69, 9.17) is 11.6 Å². The number of hydrogen-bond donors (Lipinski definition) is 3. The molecule has 2 aliphatic rings. The number of anilines is 2. The molecular weight excluding hydrogens is 381 g/mol. The largest absolute Gasteiger partial charge is 0.326 e. The molecule has 1 fully saturated rings. The third-order valence-corrected chi connectivity index (χ3v) is 5.91. The summed E-state index contributed by atoms with van der Waals surface area (Å²) in [5.74, 6) is -1.32. The molecule has 1 saturated heterocycles. The van der Waals surface area contributed by atoms with E-state index in [-0.39, 0.29) is 29.6 Å². The summed E-state index contributed by atoms with van der Waals surface area (Å²) in [6.45, 7) is 4.11. The average molecular weight is 402 g/mol. The van der Waals surface area contributed by atoms with Gasteiger partial charge in [-0.25, -0.2) is 4.39 Å². The van der Waals surface area contributed by atoms with Crippen LogP contribution in [0.25, 0.3) is 0 Å². The molecule has 28 heavy (non-hydrogen) atoms. The molecule has 4 rings (SSSR count). The minimum Gasteiger partial charge on any atom is -0.326 e. The molecule has 146 valence electrons. The number of benzene rings is 2. The SMILES string of the molecule is CC(C)[C@@H]1C[C@H](C(=O)Nc2ccc(F)cc2)[C@@]2(N1)C(=O)Nc1ccc(Cl)cc12. The Kier molecular flexibility index (Phi) is 4.63. The first-order chi connectivity index (χ1) is 13.3. The fraction of sp³-hybridized carbons (Fsp3) is 0.333. The molecule has 0 bridgehead atoms. The van der Waals surface area contributed by atoms with E-state index in [1.807, 2.05) is 0 Å². The van der Waals surface area contributed by atoms with Gasteiger partial charge in [0.25, 0.3) is 0 Å². The molecule has 5 nitrogen and oxygen atoms in total. The van der Waals surface area contributed by atoms with E-state index in [1.54, 1.807) is 18.2 Å². The molecule has 2 heterocycles. The molecule has 1 spiro atoms. The predicted molar refractivity (Wildman–Crippen MR) is 107 cm³/mol. The zero-order chi connectivity index (χ0) is 20.1. The summed E-state index contributed by atoms with van der Waals surface area (Å²) >= 11 is 6.20. The van der Waals surface area contributed by atoms with Crippen molar-refractivity contribution in [2.75, 3.05) is 10.6 Å². The maximum absolute atomic E-state index is 13.2. The van der Waals surface area contributed by atoms with Crippen LogP contribution in [0.4, 0.5) is 15.8 Å². The Bertz CT molecular complexity index is 947. The van der Waals surface area contributed by atoms with Crippen LogP contribution in [0.3, 0.4) is 0 Å². The van der Waals surface area contributed by atoms with Crippen LogP contribution in [-0.2, 0) is 15.1 Å². The van der Waals surface area contributed by atoms with Gasteiger partial charge >= 0.3 is 0 Å². The Morgan fingerprint density at radius 2 is 1.96 bits per heavy atom. The number of hydrogen-bond acceptors (Lipinski definition) is 3. The van der Waals surface area contributed by atoms with E-state index in [0.29, 0.717) is 28.4 Å². The van der Waals surface area contributed by atoms with Crippen LogP contribution in [0.15, 0.2) is 42.5 Å². The lowest BCUT2D eigenvalue weighted by Crippen LogP contribution is -2.52. The Morgan fingerprint density at radius 3 is 2.64 bits per heavy atom. The van der Waals surface area contributed by atoms with Crippen LogP contribution in [0, 0.1) is 17.7 Å². The van der Waals surface area contributed by atoms with Gasteiger partial charge in [-0.05, 0) is 54.8 Å². The van der Waals surface area contributed by atoms with Crippen LogP contribution in [0.2, 0.25) is 5.02 Å². The summed E-state index contributed by atoms with van der Waals surface area (Å²) in [7, 11) is 0. The van der Waals surface area contributed by atoms with E-state index >= 15 is 0 Å². The number of halogens is 2. The molecule has 0 aliphatic carbocycles. The van der Waals surface area contributed by atoms with Gasteiger partial charge in [-0.2, -0.15) is 0 Å². The normalized spacial score (nSPS) is 25.8. The van der Waals surface area contributed by atoms with E-state index < -0.39 is 11.5 Å². The van der Waals surface area contributed by atoms with Crippen LogP contribution in [-0.4, -0.2) is 17.9 Å². The Hall–Kier alpha value is -2.44. The highest BCUT2D eigenvalue weighted by molar-refractivity contribution is 6.31. The molecule has 3 N–H and O–H groups in total. The van der Waals surface area contributed by atoms with Crippen molar-refractivity contribution >= 4 is 34.8 Å². The van der Waals surface area contributed by atoms with Crippen molar-refractivity contribution in [1.29, 1.82) is 0 Å². The lowest BCUT2D eigenvalue weighted by Gasteiger charge is -2.29. The molecule has 2 aromatic rings. The second-order valence-corrected chi connectivity index (χ2v) is 8.17. The highest BCUT2D eigenvalue weighted by atomic mass is 35.5. The Labute approximate surface area is 167 Å². The topological polar surface area (TPSA) is 70.2 Å². The zero-order valence-electron chi connectivity index (χ0n) is 15.6. The summed E-state index contributed by atoms with van der Waals surface area (Å²) in [5.41, 5.74) is 0.650. The van der Waals surface area contributed by atoms with Crippen molar-refractivity contribution in [3.8, 4) is 0 Å². The van der Waals surface area contributed by atoms with Crippen molar-refractivity contribution in [2.45, 2.75) is 31.8 Å². The van der Waals surface area contributed by atoms with Crippen LogP contribution >= 0.6 is 11.6 Å². The minimum absolute atomic E-state index is 0.0142. The summed E-state index contributed by atoms with van der Waals surface area (Å²) in [6.07, 6.45) is 0.504. The van der Waals surface area contributed by atoms with Gasteiger partial charge < -0.3 is 10.6 Å². The predicted octanol–water partition coefficient (Wildman–Crippen LogP) is 3.90. The smallest absolute Gasteiger partial charge is 0.250 e. The molecule has 0 unspecified atom stereocenters. The third kappa shape index (κ3) is 2.97. The third-order valence-electron chi connectivity index (χ3n) is 5.67. The highest BCUT2D eigenvalue weighted by Crippen LogP contribution is 2.48. The van der Waals surface area contributed by atoms with Gasteiger partial charge in [-0.15, -0.1) is 0 Å². The summed E-state index contributed by atoms with van der Waals surface area (Å²) in [4.78, 5) is 26.3. The van der Waals surface area contributed by atoms with Gasteiger partial charge in [0.15, 0.2) is 0 Å². The minimum atomic E-state index is -1.18. The van der Waals surface area contributed by atoms with Crippen molar-refractivity contribution < 1.29 is 14.0 Å². The number of carbonyl (C=O) groups is 2. The van der Waals surface area contributed by atoms with E-state index in [9.17, 15) is 14.0 Å². The van der Waals surface area contributed by atoms with E-state index in [2.05, 4.69) is 29.8 Å². The highest BCUT2D eigenvalue weighted by Gasteiger charge is 2.60. The fourth-order valence-corrected chi connectivity index (χ4v) is 4.34. The van der Waals surface area contributed by atoms with Gasteiger partial charge in [-0.3, -0.25) is 14.9 Å². The van der Waals surface area contributed by atoms with Gasteiger partial charge in [0.1, 0.15) is 11.4 Å². The van der Waals surface area contributed by atoms with Gasteiger partial charge in [-0.1, -0.05) is 25.4 Å². The maximum Gasteiger partial charge on any atom is 0.250 e. The second-order valence-electron chi connectivity index (χ2n) is 7.73. The van der Waals surface area contributed by atoms with Crippen LogP contribution in [0.5, 0.6) is 0 Å². The molecule has 3 atom stereocenters. The standard InChI is InChI=1S/C21H21ClFN3O2/c1-11(2)18-10-16(19(27)24-14-6-4-13(23)5-7-14)21(26-18)15-9-12(22)3-8-17(15)25-20(21)28/h3-9,11,16,18,26H,10H2,1-2H3,(H,24,27)(H,25,28)/t16-,18+,21-/m1/s1. The number of fused-ring (bicyclic) bond motifs is 2. The van der Waals surface area contributed by atoms with Crippen molar-refractivity contribution in [3.05, 3.63) is 58.9 Å². The molecule has 2 aliphatic heterocycles.